The Morgan fingerprint density at radius 1 is 0.536 bits per heavy atom. The fourth-order valence-electron chi connectivity index (χ4n) is 4.12. The molecule has 133 valence electrons. The highest BCUT2D eigenvalue weighted by molar-refractivity contribution is 6.01. The van der Waals surface area contributed by atoms with Crippen LogP contribution in [0.5, 0.6) is 0 Å². The number of aryl methyl sites for hydroxylation is 1. The molecule has 5 rings (SSSR count). The van der Waals surface area contributed by atoms with E-state index in [0.29, 0.717) is 0 Å². The third-order valence-corrected chi connectivity index (χ3v) is 5.49. The van der Waals surface area contributed by atoms with Crippen molar-refractivity contribution in [3.63, 3.8) is 0 Å². The first-order valence-corrected chi connectivity index (χ1v) is 9.71. The predicted octanol–water partition coefficient (Wildman–Crippen LogP) is 7.44. The molecule has 0 saturated heterocycles. The molecule has 0 heterocycles. The molecule has 28 heavy (non-hydrogen) atoms. The van der Waals surface area contributed by atoms with Crippen LogP contribution >= 0.6 is 0 Å². The molecule has 0 atom stereocenters. The van der Waals surface area contributed by atoms with Crippen molar-refractivity contribution < 1.29 is 0 Å². The smallest absolute Gasteiger partial charge is 0.0211 e. The number of benzene rings is 4. The van der Waals surface area contributed by atoms with Crippen LogP contribution in [0, 0.1) is 13.3 Å². The zero-order valence-corrected chi connectivity index (χ0v) is 15.9. The minimum Gasteiger partial charge on any atom is -0.0622 e. The molecule has 0 spiro atoms. The molecule has 0 heteroatoms. The van der Waals surface area contributed by atoms with Crippen LogP contribution in [0.15, 0.2) is 97.1 Å². The van der Waals surface area contributed by atoms with Gasteiger partial charge in [-0.3, -0.25) is 0 Å². The molecule has 0 aliphatic heterocycles. The van der Waals surface area contributed by atoms with E-state index in [2.05, 4.69) is 116 Å². The van der Waals surface area contributed by atoms with Gasteiger partial charge < -0.3 is 0 Å². The molecule has 0 N–H and O–H groups in total. The van der Waals surface area contributed by atoms with Gasteiger partial charge in [0.2, 0.25) is 0 Å². The largest absolute Gasteiger partial charge is 0.0622 e. The molecule has 1 aliphatic rings. The molecular weight excluding hydrogens is 336 g/mol. The number of hydrogen-bond donors (Lipinski definition) is 0. The second kappa shape index (κ2) is 6.98. The van der Waals surface area contributed by atoms with Crippen molar-refractivity contribution in [3.05, 3.63) is 126 Å². The molecule has 0 aromatic heterocycles. The maximum absolute atomic E-state index is 2.34. The Balaban J connectivity index is 1.71. The molecule has 0 fully saturated rings. The number of rotatable bonds is 3. The summed E-state index contributed by atoms with van der Waals surface area (Å²) in [5, 5.41) is 0. The van der Waals surface area contributed by atoms with Gasteiger partial charge in [0.25, 0.3) is 0 Å². The molecular formula is C28H21. The van der Waals surface area contributed by atoms with Gasteiger partial charge in [-0.1, -0.05) is 97.1 Å². The van der Waals surface area contributed by atoms with Gasteiger partial charge in [0.1, 0.15) is 0 Å². The van der Waals surface area contributed by atoms with E-state index in [1.54, 1.807) is 0 Å². The zero-order chi connectivity index (χ0) is 18.9. The van der Waals surface area contributed by atoms with Crippen molar-refractivity contribution in [3.8, 4) is 22.3 Å². The highest BCUT2D eigenvalue weighted by Crippen LogP contribution is 2.43. The normalized spacial score (nSPS) is 12.5. The summed E-state index contributed by atoms with van der Waals surface area (Å²) in [7, 11) is 0. The summed E-state index contributed by atoms with van der Waals surface area (Å²) in [5.41, 5.74) is 11.6. The molecule has 0 nitrogen and oxygen atoms in total. The van der Waals surface area contributed by atoms with Crippen molar-refractivity contribution in [2.75, 3.05) is 0 Å². The van der Waals surface area contributed by atoms with E-state index in [1.807, 2.05) is 0 Å². The second-order valence-electron chi connectivity index (χ2n) is 7.28. The molecule has 0 unspecified atom stereocenters. The SMILES string of the molecule is Cc1ccc2c(c1-c1ccccc1-c1ccccc1)C=C(c1ccccc1)[CH]2. The van der Waals surface area contributed by atoms with Gasteiger partial charge in [-0.15, -0.1) is 0 Å². The fraction of sp³-hybridized carbons (Fsp3) is 0.0357. The molecule has 1 aliphatic carbocycles. The molecule has 0 saturated carbocycles. The van der Waals surface area contributed by atoms with Crippen LogP contribution < -0.4 is 0 Å². The third-order valence-electron chi connectivity index (χ3n) is 5.49. The van der Waals surface area contributed by atoms with Gasteiger partial charge in [-0.25, -0.2) is 0 Å². The lowest BCUT2D eigenvalue weighted by atomic mass is 9.88. The second-order valence-corrected chi connectivity index (χ2v) is 7.28. The maximum atomic E-state index is 2.34. The summed E-state index contributed by atoms with van der Waals surface area (Å²) in [6.45, 7) is 2.21. The first kappa shape index (κ1) is 16.8. The Labute approximate surface area is 166 Å². The molecule has 4 aromatic carbocycles. The highest BCUT2D eigenvalue weighted by atomic mass is 14.2. The first-order chi connectivity index (χ1) is 13.8. The van der Waals surface area contributed by atoms with E-state index in [0.717, 1.165) is 0 Å². The Morgan fingerprint density at radius 3 is 1.86 bits per heavy atom. The van der Waals surface area contributed by atoms with Gasteiger partial charge in [0.05, 0.1) is 0 Å². The fourth-order valence-corrected chi connectivity index (χ4v) is 4.12. The predicted molar refractivity (Wildman–Crippen MR) is 120 cm³/mol. The quantitative estimate of drug-likeness (QED) is 0.357. The Hall–Kier alpha value is -3.38. The standard InChI is InChI=1S/C28H21/c1-20-16-17-23-18-24(21-10-4-2-5-11-21)19-27(23)28(20)26-15-9-8-14-25(26)22-12-6-3-7-13-22/h2-19H,1H3. The average molecular weight is 357 g/mol. The van der Waals surface area contributed by atoms with Gasteiger partial charge in [-0.05, 0) is 63.1 Å². The van der Waals surface area contributed by atoms with E-state index < -0.39 is 0 Å². The van der Waals surface area contributed by atoms with Crippen LogP contribution in [0.25, 0.3) is 33.9 Å². The number of hydrogen-bond acceptors (Lipinski definition) is 0. The lowest BCUT2D eigenvalue weighted by Gasteiger charge is -2.16. The van der Waals surface area contributed by atoms with Crippen molar-refractivity contribution in [2.45, 2.75) is 6.92 Å². The summed E-state index contributed by atoms with van der Waals surface area (Å²) in [6, 6.07) is 34.5. The third kappa shape index (κ3) is 2.88. The Morgan fingerprint density at radius 2 is 1.14 bits per heavy atom. The van der Waals surface area contributed by atoms with Crippen molar-refractivity contribution >= 4 is 11.6 Å². The Kier molecular flexibility index (Phi) is 4.18. The van der Waals surface area contributed by atoms with Crippen LogP contribution in [-0.2, 0) is 0 Å². The molecule has 4 aromatic rings. The maximum Gasteiger partial charge on any atom is 0.0211 e. The van der Waals surface area contributed by atoms with E-state index in [4.69, 9.17) is 0 Å². The zero-order valence-electron chi connectivity index (χ0n) is 15.9. The summed E-state index contributed by atoms with van der Waals surface area (Å²) in [5.74, 6) is 0. The lowest BCUT2D eigenvalue weighted by Crippen LogP contribution is -1.93. The summed E-state index contributed by atoms with van der Waals surface area (Å²) >= 11 is 0. The van der Waals surface area contributed by atoms with Gasteiger partial charge in [-0.2, -0.15) is 0 Å². The van der Waals surface area contributed by atoms with Crippen molar-refractivity contribution in [1.82, 2.24) is 0 Å². The van der Waals surface area contributed by atoms with Gasteiger partial charge >= 0.3 is 0 Å². The van der Waals surface area contributed by atoms with Gasteiger partial charge in [0, 0.05) is 6.42 Å². The van der Waals surface area contributed by atoms with Crippen LogP contribution in [0.4, 0.5) is 0 Å². The van der Waals surface area contributed by atoms with Crippen LogP contribution in [-0.4, -0.2) is 0 Å². The number of fused-ring (bicyclic) bond motifs is 1. The minimum absolute atomic E-state index is 1.25. The van der Waals surface area contributed by atoms with Crippen LogP contribution in [0.2, 0.25) is 0 Å². The lowest BCUT2D eigenvalue weighted by molar-refractivity contribution is 1.41. The molecule has 0 amide bonds. The highest BCUT2D eigenvalue weighted by Gasteiger charge is 2.21. The molecule has 1 radical (unpaired) electrons. The van der Waals surface area contributed by atoms with Crippen LogP contribution in [0.1, 0.15) is 22.3 Å². The van der Waals surface area contributed by atoms with Crippen molar-refractivity contribution in [2.24, 2.45) is 0 Å². The van der Waals surface area contributed by atoms with E-state index >= 15 is 0 Å². The first-order valence-electron chi connectivity index (χ1n) is 9.71. The molecule has 0 bridgehead atoms. The summed E-state index contributed by atoms with van der Waals surface area (Å²) < 4.78 is 0. The van der Waals surface area contributed by atoms with Gasteiger partial charge in [0.15, 0.2) is 0 Å². The van der Waals surface area contributed by atoms with E-state index in [9.17, 15) is 0 Å². The minimum atomic E-state index is 1.25. The van der Waals surface area contributed by atoms with E-state index in [1.165, 1.54) is 50.1 Å². The summed E-state index contributed by atoms with van der Waals surface area (Å²) in [4.78, 5) is 0. The van der Waals surface area contributed by atoms with Crippen molar-refractivity contribution in [1.29, 1.82) is 0 Å². The topological polar surface area (TPSA) is 0 Å². The monoisotopic (exact) mass is 357 g/mol. The summed E-state index contributed by atoms with van der Waals surface area (Å²) in [6.07, 6.45) is 4.65. The van der Waals surface area contributed by atoms with E-state index in [-0.39, 0.29) is 0 Å². The number of allylic oxidation sites excluding steroid dienone is 1. The van der Waals surface area contributed by atoms with Crippen LogP contribution in [0.3, 0.4) is 0 Å². The average Bonchev–Trinajstić information content (AvgIpc) is 3.19. The Bertz CT molecular complexity index is 1170.